The summed E-state index contributed by atoms with van der Waals surface area (Å²) in [4.78, 5) is 37.5. The maximum absolute atomic E-state index is 12.5. The van der Waals surface area contributed by atoms with E-state index in [1.165, 1.54) is 0 Å². The minimum Gasteiger partial charge on any atom is -0.277 e. The highest BCUT2D eigenvalue weighted by Gasteiger charge is 2.42. The van der Waals surface area contributed by atoms with Crippen LogP contribution in [0.4, 0.5) is 4.79 Å². The van der Waals surface area contributed by atoms with Gasteiger partial charge < -0.3 is 0 Å². The molecule has 2 unspecified atom stereocenters. The van der Waals surface area contributed by atoms with Crippen molar-refractivity contribution in [2.24, 2.45) is 0 Å². The number of hydrogen-bond acceptors (Lipinski definition) is 3. The Labute approximate surface area is 127 Å². The molecule has 21 heavy (non-hydrogen) atoms. The van der Waals surface area contributed by atoms with Crippen LogP contribution in [0, 0.1) is 0 Å². The molecule has 0 bridgehead atoms. The van der Waals surface area contributed by atoms with E-state index < -0.39 is 23.8 Å². The number of rotatable bonds is 4. The van der Waals surface area contributed by atoms with Crippen LogP contribution < -0.4 is 5.32 Å². The molecule has 5 nitrogen and oxygen atoms in total. The lowest BCUT2D eigenvalue weighted by Gasteiger charge is -2.34. The number of imide groups is 2. The van der Waals surface area contributed by atoms with E-state index in [1.54, 1.807) is 37.3 Å². The van der Waals surface area contributed by atoms with E-state index in [-0.39, 0.29) is 6.04 Å². The topological polar surface area (TPSA) is 66.5 Å². The van der Waals surface area contributed by atoms with Crippen molar-refractivity contribution < 1.29 is 14.4 Å². The van der Waals surface area contributed by atoms with Crippen LogP contribution in [-0.4, -0.2) is 28.8 Å². The summed E-state index contributed by atoms with van der Waals surface area (Å²) in [5.41, 5.74) is 0.505. The molecule has 0 aliphatic carbocycles. The van der Waals surface area contributed by atoms with Crippen LogP contribution in [0.15, 0.2) is 36.9 Å². The monoisotopic (exact) mass is 306 g/mol. The number of nitrogens with one attached hydrogen (secondary N) is 1. The second-order valence-electron chi connectivity index (χ2n) is 4.86. The number of halogens is 1. The Hall–Kier alpha value is -2.14. The Kier molecular flexibility index (Phi) is 4.43. The summed E-state index contributed by atoms with van der Waals surface area (Å²) in [6, 6.07) is 5.37. The van der Waals surface area contributed by atoms with E-state index in [0.29, 0.717) is 17.0 Å². The molecule has 0 spiro atoms. The molecular formula is C15H15ClN2O3. The third kappa shape index (κ3) is 2.97. The highest BCUT2D eigenvalue weighted by Crippen LogP contribution is 2.25. The first-order valence-corrected chi connectivity index (χ1v) is 6.87. The number of carbonyl (C=O) groups excluding carboxylic acids is 3. The fraction of sp³-hybridized carbons (Fsp3) is 0.267. The van der Waals surface area contributed by atoms with Gasteiger partial charge in [-0.2, -0.15) is 0 Å². The first-order valence-electron chi connectivity index (χ1n) is 6.50. The van der Waals surface area contributed by atoms with Gasteiger partial charge in [-0.1, -0.05) is 29.8 Å². The van der Waals surface area contributed by atoms with Crippen LogP contribution in [0.2, 0.25) is 5.02 Å². The lowest BCUT2D eigenvalue weighted by molar-refractivity contribution is -0.139. The quantitative estimate of drug-likeness (QED) is 0.686. The average Bonchev–Trinajstić information content (AvgIpc) is 2.40. The summed E-state index contributed by atoms with van der Waals surface area (Å²) in [6.45, 7) is 5.33. The minimum atomic E-state index is -1.03. The molecule has 1 aromatic rings. The van der Waals surface area contributed by atoms with E-state index in [1.807, 2.05) is 0 Å². The van der Waals surface area contributed by atoms with Crippen LogP contribution in [-0.2, 0) is 9.59 Å². The fourth-order valence-electron chi connectivity index (χ4n) is 2.30. The molecule has 2 atom stereocenters. The van der Waals surface area contributed by atoms with Crippen LogP contribution >= 0.6 is 11.6 Å². The summed E-state index contributed by atoms with van der Waals surface area (Å²) < 4.78 is 0. The summed E-state index contributed by atoms with van der Waals surface area (Å²) >= 11 is 5.81. The zero-order valence-electron chi connectivity index (χ0n) is 11.5. The van der Waals surface area contributed by atoms with Crippen molar-refractivity contribution >= 4 is 29.4 Å². The van der Waals surface area contributed by atoms with Gasteiger partial charge in [-0.3, -0.25) is 19.8 Å². The third-order valence-electron chi connectivity index (χ3n) is 3.35. The second kappa shape index (κ2) is 6.10. The number of nitrogens with zero attached hydrogens (tertiary/aromatic N) is 1. The van der Waals surface area contributed by atoms with E-state index in [0.717, 1.165) is 4.90 Å². The maximum atomic E-state index is 12.5. The molecule has 2 rings (SSSR count). The molecule has 1 aliphatic rings. The Morgan fingerprint density at radius 1 is 1.33 bits per heavy atom. The number of amides is 4. The normalized spacial score (nSPS) is 20.2. The SMILES string of the molecule is C=CCC(C)N1C(=O)NC(=O)C(c2ccc(Cl)cc2)C1=O. The molecule has 4 amide bonds. The molecule has 1 heterocycles. The molecule has 110 valence electrons. The van der Waals surface area contributed by atoms with Gasteiger partial charge in [-0.25, -0.2) is 4.79 Å². The molecule has 1 aliphatic heterocycles. The lowest BCUT2D eigenvalue weighted by atomic mass is 9.94. The van der Waals surface area contributed by atoms with Crippen molar-refractivity contribution in [3.05, 3.63) is 47.5 Å². The van der Waals surface area contributed by atoms with E-state index in [4.69, 9.17) is 11.6 Å². The molecule has 1 saturated heterocycles. The average molecular weight is 307 g/mol. The van der Waals surface area contributed by atoms with Crippen LogP contribution in [0.5, 0.6) is 0 Å². The van der Waals surface area contributed by atoms with Crippen LogP contribution in [0.25, 0.3) is 0 Å². The maximum Gasteiger partial charge on any atom is 0.331 e. The van der Waals surface area contributed by atoms with Gasteiger partial charge in [0.1, 0.15) is 5.92 Å². The van der Waals surface area contributed by atoms with E-state index in [2.05, 4.69) is 11.9 Å². The molecule has 1 aromatic carbocycles. The third-order valence-corrected chi connectivity index (χ3v) is 3.60. The highest BCUT2D eigenvalue weighted by molar-refractivity contribution is 6.30. The summed E-state index contributed by atoms with van der Waals surface area (Å²) in [7, 11) is 0. The van der Waals surface area contributed by atoms with E-state index >= 15 is 0 Å². The zero-order chi connectivity index (χ0) is 15.6. The number of barbiturate groups is 1. The van der Waals surface area contributed by atoms with Crippen molar-refractivity contribution in [3.63, 3.8) is 0 Å². The van der Waals surface area contributed by atoms with Crippen molar-refractivity contribution in [1.82, 2.24) is 10.2 Å². The summed E-state index contributed by atoms with van der Waals surface area (Å²) in [5, 5.41) is 2.73. The second-order valence-corrected chi connectivity index (χ2v) is 5.30. The van der Waals surface area contributed by atoms with Crippen molar-refractivity contribution in [1.29, 1.82) is 0 Å². The van der Waals surface area contributed by atoms with Crippen molar-refractivity contribution in [3.8, 4) is 0 Å². The van der Waals surface area contributed by atoms with Crippen LogP contribution in [0.3, 0.4) is 0 Å². The van der Waals surface area contributed by atoms with Gasteiger partial charge in [0.2, 0.25) is 11.8 Å². The van der Waals surface area contributed by atoms with Gasteiger partial charge >= 0.3 is 6.03 Å². The number of urea groups is 1. The molecule has 1 N–H and O–H groups in total. The Morgan fingerprint density at radius 2 is 1.95 bits per heavy atom. The lowest BCUT2D eigenvalue weighted by Crippen LogP contribution is -2.59. The Morgan fingerprint density at radius 3 is 2.52 bits per heavy atom. The predicted octanol–water partition coefficient (Wildman–Crippen LogP) is 2.47. The first-order chi connectivity index (χ1) is 9.95. The molecular weight excluding hydrogens is 292 g/mol. The molecule has 0 radical (unpaired) electrons. The fourth-order valence-corrected chi connectivity index (χ4v) is 2.43. The van der Waals surface area contributed by atoms with Gasteiger partial charge in [0, 0.05) is 11.1 Å². The number of carbonyl (C=O) groups is 3. The Bertz CT molecular complexity index is 597. The van der Waals surface area contributed by atoms with Gasteiger partial charge in [0.25, 0.3) is 0 Å². The molecule has 0 saturated carbocycles. The largest absolute Gasteiger partial charge is 0.331 e. The van der Waals surface area contributed by atoms with Gasteiger partial charge in [-0.15, -0.1) is 6.58 Å². The predicted molar refractivity (Wildman–Crippen MR) is 78.9 cm³/mol. The van der Waals surface area contributed by atoms with Gasteiger partial charge in [0.15, 0.2) is 0 Å². The molecule has 1 fully saturated rings. The number of benzene rings is 1. The molecule has 0 aromatic heterocycles. The summed E-state index contributed by atoms with van der Waals surface area (Å²) in [6.07, 6.45) is 2.08. The van der Waals surface area contributed by atoms with Crippen LogP contribution in [0.1, 0.15) is 24.8 Å². The van der Waals surface area contributed by atoms with Gasteiger partial charge in [-0.05, 0) is 31.0 Å². The first kappa shape index (κ1) is 15.3. The standard InChI is InChI=1S/C15H15ClN2O3/c1-3-4-9(2)18-14(20)12(13(19)17-15(18)21)10-5-7-11(16)8-6-10/h3,5-9,12H,1,4H2,2H3,(H,17,19,21). The summed E-state index contributed by atoms with van der Waals surface area (Å²) in [5.74, 6) is -2.18. The number of hydrogen-bond donors (Lipinski definition) is 1. The minimum absolute atomic E-state index is 0.363. The molecule has 6 heteroatoms. The Balaban J connectivity index is 2.34. The smallest absolute Gasteiger partial charge is 0.277 e. The highest BCUT2D eigenvalue weighted by atomic mass is 35.5. The van der Waals surface area contributed by atoms with Crippen molar-refractivity contribution in [2.75, 3.05) is 0 Å². The van der Waals surface area contributed by atoms with E-state index in [9.17, 15) is 14.4 Å². The zero-order valence-corrected chi connectivity index (χ0v) is 12.3. The van der Waals surface area contributed by atoms with Crippen molar-refractivity contribution in [2.45, 2.75) is 25.3 Å². The van der Waals surface area contributed by atoms with Gasteiger partial charge in [0.05, 0.1) is 0 Å².